The molecule has 0 saturated heterocycles. The Morgan fingerprint density at radius 3 is 2.79 bits per heavy atom. The lowest BCUT2D eigenvalue weighted by Crippen LogP contribution is -2.37. The van der Waals surface area contributed by atoms with Gasteiger partial charge in [-0.3, -0.25) is 4.68 Å². The van der Waals surface area contributed by atoms with Crippen LogP contribution in [-0.2, 0) is 20.1 Å². The molecule has 0 spiro atoms. The van der Waals surface area contributed by atoms with Gasteiger partial charge in [-0.15, -0.1) is 24.0 Å². The average Bonchev–Trinajstić information content (AvgIpc) is 2.96. The maximum Gasteiger partial charge on any atom is 0.191 e. The molecule has 0 bridgehead atoms. The SMILES string of the molecule is CCNC(=NCc1cc(C#N)ccc1F)NCc1ccnn1C.I. The predicted octanol–water partition coefficient (Wildman–Crippen LogP) is 2.30. The number of benzene rings is 1. The van der Waals surface area contributed by atoms with Crippen molar-refractivity contribution < 1.29 is 4.39 Å². The van der Waals surface area contributed by atoms with Crippen LogP contribution in [-0.4, -0.2) is 22.3 Å². The highest BCUT2D eigenvalue weighted by atomic mass is 127. The summed E-state index contributed by atoms with van der Waals surface area (Å²) in [5.41, 5.74) is 1.82. The largest absolute Gasteiger partial charge is 0.357 e. The van der Waals surface area contributed by atoms with Crippen molar-refractivity contribution in [2.24, 2.45) is 12.0 Å². The van der Waals surface area contributed by atoms with Gasteiger partial charge >= 0.3 is 0 Å². The van der Waals surface area contributed by atoms with Crippen LogP contribution in [0.25, 0.3) is 0 Å². The fourth-order valence-electron chi connectivity index (χ4n) is 2.02. The van der Waals surface area contributed by atoms with Crippen LogP contribution in [0.15, 0.2) is 35.5 Å². The van der Waals surface area contributed by atoms with Crippen molar-refractivity contribution in [1.82, 2.24) is 20.4 Å². The van der Waals surface area contributed by atoms with Crippen LogP contribution in [0.2, 0.25) is 0 Å². The Balaban J connectivity index is 0.00000288. The summed E-state index contributed by atoms with van der Waals surface area (Å²) in [4.78, 5) is 4.36. The normalized spacial score (nSPS) is 10.7. The van der Waals surface area contributed by atoms with Crippen LogP contribution in [0.5, 0.6) is 0 Å². The number of halogens is 2. The molecule has 0 atom stereocenters. The zero-order valence-electron chi connectivity index (χ0n) is 13.6. The number of guanidine groups is 1. The number of aryl methyl sites for hydroxylation is 1. The first-order chi connectivity index (χ1) is 11.1. The van der Waals surface area contributed by atoms with Crippen molar-refractivity contribution in [3.63, 3.8) is 0 Å². The fourth-order valence-corrected chi connectivity index (χ4v) is 2.02. The summed E-state index contributed by atoms with van der Waals surface area (Å²) in [6.07, 6.45) is 1.73. The van der Waals surface area contributed by atoms with Crippen molar-refractivity contribution >= 4 is 29.9 Å². The molecule has 2 rings (SSSR count). The molecular formula is C16H20FIN6. The minimum absolute atomic E-state index is 0. The maximum atomic E-state index is 13.8. The third kappa shape index (κ3) is 5.49. The van der Waals surface area contributed by atoms with Crippen LogP contribution >= 0.6 is 24.0 Å². The molecule has 0 saturated carbocycles. The monoisotopic (exact) mass is 442 g/mol. The van der Waals surface area contributed by atoms with Gasteiger partial charge in [-0.05, 0) is 31.2 Å². The Labute approximate surface area is 157 Å². The van der Waals surface area contributed by atoms with Gasteiger partial charge in [0.2, 0.25) is 0 Å². The van der Waals surface area contributed by atoms with Gasteiger partial charge < -0.3 is 10.6 Å². The number of nitriles is 1. The summed E-state index contributed by atoms with van der Waals surface area (Å²) >= 11 is 0. The smallest absolute Gasteiger partial charge is 0.191 e. The maximum absolute atomic E-state index is 13.8. The quantitative estimate of drug-likeness (QED) is 0.423. The van der Waals surface area contributed by atoms with Gasteiger partial charge in [0.15, 0.2) is 5.96 Å². The summed E-state index contributed by atoms with van der Waals surface area (Å²) in [5.74, 6) is 0.214. The highest BCUT2D eigenvalue weighted by Gasteiger charge is 2.05. The second-order valence-corrected chi connectivity index (χ2v) is 4.91. The van der Waals surface area contributed by atoms with Crippen molar-refractivity contribution in [3.05, 3.63) is 53.1 Å². The van der Waals surface area contributed by atoms with Gasteiger partial charge in [0.25, 0.3) is 0 Å². The minimum Gasteiger partial charge on any atom is -0.357 e. The number of nitrogens with zero attached hydrogens (tertiary/aromatic N) is 4. The van der Waals surface area contributed by atoms with Crippen LogP contribution in [0.1, 0.15) is 23.7 Å². The van der Waals surface area contributed by atoms with E-state index in [0.717, 1.165) is 5.69 Å². The summed E-state index contributed by atoms with van der Waals surface area (Å²) in [5, 5.41) is 19.3. The minimum atomic E-state index is -0.366. The van der Waals surface area contributed by atoms with E-state index in [1.807, 2.05) is 26.1 Å². The van der Waals surface area contributed by atoms with Crippen molar-refractivity contribution in [2.45, 2.75) is 20.0 Å². The second kappa shape index (κ2) is 9.87. The van der Waals surface area contributed by atoms with Gasteiger partial charge in [-0.1, -0.05) is 0 Å². The first-order valence-corrected chi connectivity index (χ1v) is 7.31. The van der Waals surface area contributed by atoms with E-state index in [1.54, 1.807) is 10.9 Å². The average molecular weight is 442 g/mol. The van der Waals surface area contributed by atoms with E-state index in [-0.39, 0.29) is 36.3 Å². The molecule has 1 aromatic heterocycles. The molecule has 0 aliphatic rings. The Bertz CT molecular complexity index is 734. The Morgan fingerprint density at radius 2 is 2.17 bits per heavy atom. The molecule has 0 radical (unpaired) electrons. The van der Waals surface area contributed by atoms with Gasteiger partial charge in [0, 0.05) is 25.4 Å². The molecule has 0 amide bonds. The molecular weight excluding hydrogens is 422 g/mol. The molecule has 2 aromatic rings. The summed E-state index contributed by atoms with van der Waals surface area (Å²) in [7, 11) is 1.86. The van der Waals surface area contributed by atoms with Crippen LogP contribution in [0.3, 0.4) is 0 Å². The number of hydrogen-bond donors (Lipinski definition) is 2. The molecule has 0 aliphatic heterocycles. The van der Waals surface area contributed by atoms with E-state index >= 15 is 0 Å². The molecule has 0 aliphatic carbocycles. The summed E-state index contributed by atoms with van der Waals surface area (Å²) < 4.78 is 15.5. The molecule has 1 aromatic carbocycles. The van der Waals surface area contributed by atoms with E-state index in [1.165, 1.54) is 18.2 Å². The third-order valence-electron chi connectivity index (χ3n) is 3.29. The Morgan fingerprint density at radius 1 is 1.38 bits per heavy atom. The summed E-state index contributed by atoms with van der Waals surface area (Å²) in [6, 6.07) is 8.17. The molecule has 0 unspecified atom stereocenters. The number of hydrogen-bond acceptors (Lipinski definition) is 3. The number of aliphatic imine (C=N–C) groups is 1. The van der Waals surface area contributed by atoms with E-state index in [4.69, 9.17) is 5.26 Å². The highest BCUT2D eigenvalue weighted by molar-refractivity contribution is 14.0. The second-order valence-electron chi connectivity index (χ2n) is 4.91. The first kappa shape index (κ1) is 19.9. The summed E-state index contributed by atoms with van der Waals surface area (Å²) in [6.45, 7) is 3.36. The molecule has 8 heteroatoms. The lowest BCUT2D eigenvalue weighted by molar-refractivity contribution is 0.610. The van der Waals surface area contributed by atoms with E-state index in [2.05, 4.69) is 20.7 Å². The van der Waals surface area contributed by atoms with Crippen molar-refractivity contribution in [2.75, 3.05) is 6.54 Å². The Kier molecular flexibility index (Phi) is 8.18. The van der Waals surface area contributed by atoms with E-state index in [9.17, 15) is 4.39 Å². The zero-order chi connectivity index (χ0) is 16.7. The van der Waals surface area contributed by atoms with Gasteiger partial charge in [-0.25, -0.2) is 9.38 Å². The number of aromatic nitrogens is 2. The molecule has 128 valence electrons. The molecule has 6 nitrogen and oxygen atoms in total. The van der Waals surface area contributed by atoms with E-state index < -0.39 is 0 Å². The van der Waals surface area contributed by atoms with Crippen LogP contribution < -0.4 is 10.6 Å². The van der Waals surface area contributed by atoms with E-state index in [0.29, 0.717) is 30.2 Å². The fraction of sp³-hybridized carbons (Fsp3) is 0.312. The molecule has 2 N–H and O–H groups in total. The van der Waals surface area contributed by atoms with Gasteiger partial charge in [0.1, 0.15) is 5.82 Å². The topological polar surface area (TPSA) is 78.0 Å². The van der Waals surface area contributed by atoms with Crippen molar-refractivity contribution in [1.29, 1.82) is 5.26 Å². The van der Waals surface area contributed by atoms with Crippen molar-refractivity contribution in [3.8, 4) is 6.07 Å². The third-order valence-corrected chi connectivity index (χ3v) is 3.29. The van der Waals surface area contributed by atoms with Gasteiger partial charge in [-0.2, -0.15) is 10.4 Å². The lowest BCUT2D eigenvalue weighted by atomic mass is 10.1. The molecule has 24 heavy (non-hydrogen) atoms. The van der Waals surface area contributed by atoms with Crippen LogP contribution in [0, 0.1) is 17.1 Å². The highest BCUT2D eigenvalue weighted by Crippen LogP contribution is 2.11. The predicted molar refractivity (Wildman–Crippen MR) is 101 cm³/mol. The molecule has 0 fully saturated rings. The van der Waals surface area contributed by atoms with Crippen LogP contribution in [0.4, 0.5) is 4.39 Å². The Hall–Kier alpha value is -2.15. The standard InChI is InChI=1S/C16H19FN6.HI/c1-3-19-16(21-11-14-6-7-22-23(14)2)20-10-13-8-12(9-18)4-5-15(13)17;/h4-8H,3,10-11H2,1-2H3,(H2,19,20,21);1H. The number of nitrogens with one attached hydrogen (secondary N) is 2. The number of rotatable bonds is 5. The first-order valence-electron chi connectivity index (χ1n) is 7.31. The lowest BCUT2D eigenvalue weighted by Gasteiger charge is -2.11. The van der Waals surface area contributed by atoms with Gasteiger partial charge in [0.05, 0.1) is 30.4 Å². The zero-order valence-corrected chi connectivity index (χ0v) is 15.9. The molecule has 1 heterocycles.